The summed E-state index contributed by atoms with van der Waals surface area (Å²) in [7, 11) is 0. The Labute approximate surface area is 197 Å². The number of hydrogen-bond donors (Lipinski definition) is 1. The van der Waals surface area contributed by atoms with E-state index in [1.165, 1.54) is 6.07 Å². The lowest BCUT2D eigenvalue weighted by atomic mass is 9.90. The summed E-state index contributed by atoms with van der Waals surface area (Å²) in [6.45, 7) is 4.94. The van der Waals surface area contributed by atoms with Gasteiger partial charge in [0, 0.05) is 16.7 Å². The van der Waals surface area contributed by atoms with E-state index in [2.05, 4.69) is 5.32 Å². The van der Waals surface area contributed by atoms with Gasteiger partial charge in [0.15, 0.2) is 5.78 Å². The fourth-order valence-electron chi connectivity index (χ4n) is 3.52. The number of ketones is 1. The first-order valence-corrected chi connectivity index (χ1v) is 10.9. The molecule has 174 valence electrons. The van der Waals surface area contributed by atoms with E-state index in [0.29, 0.717) is 11.1 Å². The van der Waals surface area contributed by atoms with Gasteiger partial charge in [0.2, 0.25) is 0 Å². The van der Waals surface area contributed by atoms with Crippen molar-refractivity contribution in [2.24, 2.45) is 0 Å². The van der Waals surface area contributed by atoms with Crippen LogP contribution in [0.25, 0.3) is 0 Å². The van der Waals surface area contributed by atoms with E-state index in [1.54, 1.807) is 81.4 Å². The minimum Gasteiger partial charge on any atom is -0.462 e. The topological polar surface area (TPSA) is 98.8 Å². The Morgan fingerprint density at radius 1 is 0.735 bits per heavy atom. The Bertz CT molecular complexity index is 1220. The highest BCUT2D eigenvalue weighted by Crippen LogP contribution is 2.31. The molecule has 0 aliphatic rings. The normalized spacial score (nSPS) is 10.3. The van der Waals surface area contributed by atoms with Crippen LogP contribution in [0.3, 0.4) is 0 Å². The van der Waals surface area contributed by atoms with Crippen molar-refractivity contribution in [1.82, 2.24) is 0 Å². The van der Waals surface area contributed by atoms with Crippen molar-refractivity contribution in [3.05, 3.63) is 100 Å². The first kappa shape index (κ1) is 24.4. The van der Waals surface area contributed by atoms with Crippen LogP contribution >= 0.6 is 0 Å². The van der Waals surface area contributed by atoms with Crippen molar-refractivity contribution < 1.29 is 28.7 Å². The summed E-state index contributed by atoms with van der Waals surface area (Å²) in [4.78, 5) is 52.2. The number of benzene rings is 3. The van der Waals surface area contributed by atoms with Gasteiger partial charge in [-0.1, -0.05) is 48.5 Å². The molecule has 0 aliphatic heterocycles. The first-order valence-electron chi connectivity index (χ1n) is 10.9. The molecule has 0 bridgehead atoms. The molecule has 7 nitrogen and oxygen atoms in total. The molecule has 0 saturated heterocycles. The molecule has 0 atom stereocenters. The average Bonchev–Trinajstić information content (AvgIpc) is 2.85. The van der Waals surface area contributed by atoms with Gasteiger partial charge in [-0.2, -0.15) is 0 Å². The number of carbonyl (C=O) groups is 4. The van der Waals surface area contributed by atoms with E-state index in [1.807, 2.05) is 0 Å². The zero-order valence-corrected chi connectivity index (χ0v) is 19.2. The molecule has 1 amide bonds. The van der Waals surface area contributed by atoms with Gasteiger partial charge >= 0.3 is 11.9 Å². The van der Waals surface area contributed by atoms with Gasteiger partial charge in [-0.15, -0.1) is 0 Å². The third-order valence-electron chi connectivity index (χ3n) is 5.11. The van der Waals surface area contributed by atoms with E-state index in [0.717, 1.165) is 0 Å². The molecule has 3 aromatic carbocycles. The van der Waals surface area contributed by atoms with Crippen LogP contribution in [0.2, 0.25) is 0 Å². The number of carbonyl (C=O) groups excluding carboxylic acids is 4. The standard InChI is InChI=1S/C27H25NO6/c1-4-33-26(31)22-17(3)20(24(29)18-12-8-6-9-13-18)16-21(23(22)27(32)34-5-2)28-25(30)19-14-10-7-11-15-19/h6-16H,4-5H2,1-3H3,(H,28,30). The highest BCUT2D eigenvalue weighted by Gasteiger charge is 2.30. The molecule has 1 N–H and O–H groups in total. The summed E-state index contributed by atoms with van der Waals surface area (Å²) in [5.41, 5.74) is 0.854. The van der Waals surface area contributed by atoms with E-state index in [9.17, 15) is 19.2 Å². The van der Waals surface area contributed by atoms with Crippen molar-refractivity contribution >= 4 is 29.3 Å². The average molecular weight is 459 g/mol. The van der Waals surface area contributed by atoms with Crippen LogP contribution in [0.1, 0.15) is 66.4 Å². The number of amides is 1. The zero-order valence-electron chi connectivity index (χ0n) is 19.2. The Morgan fingerprint density at radius 2 is 1.24 bits per heavy atom. The maximum atomic E-state index is 13.3. The number of ether oxygens (including phenoxy) is 2. The summed E-state index contributed by atoms with van der Waals surface area (Å²) in [6.07, 6.45) is 0. The molecular weight excluding hydrogens is 434 g/mol. The van der Waals surface area contributed by atoms with Crippen molar-refractivity contribution in [3.8, 4) is 0 Å². The Balaban J connectivity index is 2.25. The lowest BCUT2D eigenvalue weighted by Gasteiger charge is -2.19. The Hall–Kier alpha value is -4.26. The maximum Gasteiger partial charge on any atom is 0.341 e. The van der Waals surface area contributed by atoms with Gasteiger partial charge in [-0.05, 0) is 44.5 Å². The van der Waals surface area contributed by atoms with Gasteiger partial charge in [0.1, 0.15) is 0 Å². The predicted octanol–water partition coefficient (Wildman–Crippen LogP) is 4.83. The van der Waals surface area contributed by atoms with E-state index in [-0.39, 0.29) is 46.9 Å². The largest absolute Gasteiger partial charge is 0.462 e. The second-order valence-corrected chi connectivity index (χ2v) is 7.30. The molecule has 0 heterocycles. The molecule has 3 aromatic rings. The summed E-state index contributed by atoms with van der Waals surface area (Å²) in [5.74, 6) is -2.48. The van der Waals surface area contributed by atoms with Crippen LogP contribution in [0.15, 0.2) is 66.7 Å². The molecule has 0 aromatic heterocycles. The second-order valence-electron chi connectivity index (χ2n) is 7.30. The molecule has 7 heteroatoms. The molecular formula is C27H25NO6. The number of anilines is 1. The summed E-state index contributed by atoms with van der Waals surface area (Å²) in [5, 5.41) is 2.68. The number of hydrogen-bond acceptors (Lipinski definition) is 6. The Morgan fingerprint density at radius 3 is 1.76 bits per heavy atom. The second kappa shape index (κ2) is 11.0. The van der Waals surface area contributed by atoms with Gasteiger partial charge in [0.25, 0.3) is 5.91 Å². The van der Waals surface area contributed by atoms with Crippen molar-refractivity contribution in [2.45, 2.75) is 20.8 Å². The molecule has 0 fully saturated rings. The van der Waals surface area contributed by atoms with Crippen LogP contribution in [0.4, 0.5) is 5.69 Å². The highest BCUT2D eigenvalue weighted by atomic mass is 16.5. The SMILES string of the molecule is CCOC(=O)c1c(NC(=O)c2ccccc2)cc(C(=O)c2ccccc2)c(C)c1C(=O)OCC. The van der Waals surface area contributed by atoms with Crippen LogP contribution < -0.4 is 5.32 Å². The number of rotatable bonds is 8. The Kier molecular flexibility index (Phi) is 7.92. The van der Waals surface area contributed by atoms with Crippen molar-refractivity contribution in [3.63, 3.8) is 0 Å². The fraction of sp³-hybridized carbons (Fsp3) is 0.185. The molecule has 0 saturated carbocycles. The van der Waals surface area contributed by atoms with Crippen LogP contribution in [0.5, 0.6) is 0 Å². The van der Waals surface area contributed by atoms with Gasteiger partial charge < -0.3 is 14.8 Å². The van der Waals surface area contributed by atoms with Crippen LogP contribution in [-0.4, -0.2) is 36.8 Å². The summed E-state index contributed by atoms with van der Waals surface area (Å²) >= 11 is 0. The summed E-state index contributed by atoms with van der Waals surface area (Å²) in [6, 6.07) is 18.3. The maximum absolute atomic E-state index is 13.3. The molecule has 0 spiro atoms. The first-order chi connectivity index (χ1) is 16.4. The molecule has 0 aliphatic carbocycles. The minimum absolute atomic E-state index is 0.0137. The zero-order chi connectivity index (χ0) is 24.7. The minimum atomic E-state index is -0.810. The number of esters is 2. The van der Waals surface area contributed by atoms with Crippen LogP contribution in [-0.2, 0) is 9.47 Å². The lowest BCUT2D eigenvalue weighted by molar-refractivity contribution is 0.0478. The van der Waals surface area contributed by atoms with Crippen molar-refractivity contribution in [2.75, 3.05) is 18.5 Å². The van der Waals surface area contributed by atoms with Gasteiger partial charge in [-0.25, -0.2) is 9.59 Å². The smallest absolute Gasteiger partial charge is 0.341 e. The lowest BCUT2D eigenvalue weighted by Crippen LogP contribution is -2.23. The number of nitrogens with one attached hydrogen (secondary N) is 1. The monoisotopic (exact) mass is 459 g/mol. The van der Waals surface area contributed by atoms with Gasteiger partial charge in [-0.3, -0.25) is 9.59 Å². The van der Waals surface area contributed by atoms with Gasteiger partial charge in [0.05, 0.1) is 30.0 Å². The quantitative estimate of drug-likeness (QED) is 0.383. The van der Waals surface area contributed by atoms with Crippen molar-refractivity contribution in [1.29, 1.82) is 0 Å². The molecule has 0 radical (unpaired) electrons. The molecule has 3 rings (SSSR count). The molecule has 34 heavy (non-hydrogen) atoms. The fourth-order valence-corrected chi connectivity index (χ4v) is 3.52. The van der Waals surface area contributed by atoms with E-state index < -0.39 is 17.8 Å². The third-order valence-corrected chi connectivity index (χ3v) is 5.11. The third kappa shape index (κ3) is 5.20. The highest BCUT2D eigenvalue weighted by molar-refractivity contribution is 6.17. The predicted molar refractivity (Wildman–Crippen MR) is 127 cm³/mol. The van der Waals surface area contributed by atoms with E-state index >= 15 is 0 Å². The molecule has 0 unspecified atom stereocenters. The van der Waals surface area contributed by atoms with Crippen LogP contribution in [0, 0.1) is 6.92 Å². The summed E-state index contributed by atoms with van der Waals surface area (Å²) < 4.78 is 10.4. The van der Waals surface area contributed by atoms with E-state index in [4.69, 9.17) is 9.47 Å².